The van der Waals surface area contributed by atoms with Crippen LogP contribution in [0.15, 0.2) is 18.2 Å². The molecule has 0 bridgehead atoms. The van der Waals surface area contributed by atoms with Crippen molar-refractivity contribution in [2.24, 2.45) is 0 Å². The Morgan fingerprint density at radius 2 is 2.16 bits per heavy atom. The van der Waals surface area contributed by atoms with Gasteiger partial charge in [-0.3, -0.25) is 4.79 Å². The average molecular weight is 267 g/mol. The van der Waals surface area contributed by atoms with E-state index in [4.69, 9.17) is 5.11 Å². The Morgan fingerprint density at radius 1 is 1.42 bits per heavy atom. The quantitative estimate of drug-likeness (QED) is 0.716. The van der Waals surface area contributed by atoms with Gasteiger partial charge in [0.25, 0.3) is 5.91 Å². The lowest BCUT2D eigenvalue weighted by atomic mass is 10.1. The Labute approximate surface area is 111 Å². The van der Waals surface area contributed by atoms with E-state index < -0.39 is 11.7 Å². The van der Waals surface area contributed by atoms with Crippen LogP contribution in [0.25, 0.3) is 0 Å². The summed E-state index contributed by atoms with van der Waals surface area (Å²) in [5.41, 5.74) is 0.796. The molecular formula is C13H18FN3O2. The van der Waals surface area contributed by atoms with Crippen molar-refractivity contribution in [1.29, 1.82) is 0 Å². The zero-order chi connectivity index (χ0) is 13.7. The summed E-state index contributed by atoms with van der Waals surface area (Å²) < 4.78 is 13.9. The number of nitrogens with zero attached hydrogens (tertiary/aromatic N) is 1. The molecule has 0 aliphatic carbocycles. The summed E-state index contributed by atoms with van der Waals surface area (Å²) in [5.74, 6) is -1.04. The third-order valence-corrected chi connectivity index (χ3v) is 3.08. The van der Waals surface area contributed by atoms with E-state index in [0.29, 0.717) is 0 Å². The zero-order valence-corrected chi connectivity index (χ0v) is 10.7. The minimum absolute atomic E-state index is 0.00679. The fourth-order valence-electron chi connectivity index (χ4n) is 2.07. The second kappa shape index (κ2) is 6.49. The zero-order valence-electron chi connectivity index (χ0n) is 10.7. The molecule has 3 N–H and O–H groups in total. The summed E-state index contributed by atoms with van der Waals surface area (Å²) in [6.45, 7) is 3.37. The molecule has 0 aromatic heterocycles. The van der Waals surface area contributed by atoms with Gasteiger partial charge in [-0.2, -0.15) is 0 Å². The number of anilines is 1. The minimum atomic E-state index is -0.536. The number of rotatable bonds is 4. The van der Waals surface area contributed by atoms with E-state index in [9.17, 15) is 9.18 Å². The molecule has 104 valence electrons. The molecule has 1 heterocycles. The molecule has 19 heavy (non-hydrogen) atoms. The maximum absolute atomic E-state index is 13.9. The van der Waals surface area contributed by atoms with Gasteiger partial charge in [0, 0.05) is 38.4 Å². The molecule has 0 saturated carbocycles. The van der Waals surface area contributed by atoms with E-state index in [-0.39, 0.29) is 18.7 Å². The number of carbonyl (C=O) groups excluding carboxylic acids is 1. The molecule has 1 aromatic rings. The first-order valence-electron chi connectivity index (χ1n) is 6.36. The van der Waals surface area contributed by atoms with Crippen molar-refractivity contribution < 1.29 is 14.3 Å². The smallest absolute Gasteiger partial charge is 0.254 e. The predicted molar refractivity (Wildman–Crippen MR) is 70.9 cm³/mol. The lowest BCUT2D eigenvalue weighted by molar-refractivity contribution is 0.0941. The van der Waals surface area contributed by atoms with E-state index in [2.05, 4.69) is 15.5 Å². The van der Waals surface area contributed by atoms with E-state index in [1.807, 2.05) is 0 Å². The molecule has 0 unspecified atom stereocenters. The maximum Gasteiger partial charge on any atom is 0.254 e. The number of amides is 1. The topological polar surface area (TPSA) is 64.6 Å². The van der Waals surface area contributed by atoms with Crippen LogP contribution in [-0.4, -0.2) is 50.3 Å². The Balaban J connectivity index is 2.09. The predicted octanol–water partition coefficient (Wildman–Crippen LogP) is -0.0426. The highest BCUT2D eigenvalue weighted by molar-refractivity contribution is 5.94. The second-order valence-electron chi connectivity index (χ2n) is 4.38. The molecule has 0 atom stereocenters. The number of aliphatic hydroxyl groups excluding tert-OH is 1. The lowest BCUT2D eigenvalue weighted by Crippen LogP contribution is -2.43. The van der Waals surface area contributed by atoms with Crippen molar-refractivity contribution in [1.82, 2.24) is 10.6 Å². The van der Waals surface area contributed by atoms with Gasteiger partial charge in [0.2, 0.25) is 0 Å². The molecule has 2 rings (SSSR count). The maximum atomic E-state index is 13.9. The number of benzene rings is 1. The SMILES string of the molecule is O=C(NCCO)c1ccc(N2CCNCC2)cc1F. The normalized spacial score (nSPS) is 15.4. The largest absolute Gasteiger partial charge is 0.395 e. The van der Waals surface area contributed by atoms with Crippen molar-refractivity contribution in [2.45, 2.75) is 0 Å². The van der Waals surface area contributed by atoms with Gasteiger partial charge < -0.3 is 20.6 Å². The fraction of sp³-hybridized carbons (Fsp3) is 0.462. The van der Waals surface area contributed by atoms with Crippen molar-refractivity contribution in [3.8, 4) is 0 Å². The number of piperazine rings is 1. The van der Waals surface area contributed by atoms with Crippen LogP contribution in [-0.2, 0) is 0 Å². The van der Waals surface area contributed by atoms with E-state index >= 15 is 0 Å². The number of carbonyl (C=O) groups is 1. The first-order chi connectivity index (χ1) is 9.22. The molecule has 1 aliphatic rings. The summed E-state index contributed by atoms with van der Waals surface area (Å²) in [4.78, 5) is 13.7. The number of hydrogen-bond donors (Lipinski definition) is 3. The Bertz CT molecular complexity index is 448. The van der Waals surface area contributed by atoms with Crippen LogP contribution < -0.4 is 15.5 Å². The summed E-state index contributed by atoms with van der Waals surface area (Å²) in [6.07, 6.45) is 0. The standard InChI is InChI=1S/C13H18FN3O2/c14-12-9-10(17-6-3-15-4-7-17)1-2-11(12)13(19)16-5-8-18/h1-2,9,15,18H,3-8H2,(H,16,19). The average Bonchev–Trinajstić information content (AvgIpc) is 2.45. The van der Waals surface area contributed by atoms with Gasteiger partial charge >= 0.3 is 0 Å². The van der Waals surface area contributed by atoms with Gasteiger partial charge in [0.05, 0.1) is 12.2 Å². The number of hydrogen-bond acceptors (Lipinski definition) is 4. The second-order valence-corrected chi connectivity index (χ2v) is 4.38. The monoisotopic (exact) mass is 267 g/mol. The van der Waals surface area contributed by atoms with Crippen molar-refractivity contribution >= 4 is 11.6 Å². The van der Waals surface area contributed by atoms with Gasteiger partial charge in [0.1, 0.15) is 5.82 Å². The highest BCUT2D eigenvalue weighted by Crippen LogP contribution is 2.19. The third-order valence-electron chi connectivity index (χ3n) is 3.08. The highest BCUT2D eigenvalue weighted by atomic mass is 19.1. The van der Waals surface area contributed by atoms with E-state index in [1.165, 1.54) is 12.1 Å². The Hall–Kier alpha value is -1.66. The van der Waals surface area contributed by atoms with Gasteiger partial charge in [-0.1, -0.05) is 0 Å². The van der Waals surface area contributed by atoms with Crippen LogP contribution in [0.5, 0.6) is 0 Å². The number of aliphatic hydroxyl groups is 1. The third kappa shape index (κ3) is 3.42. The van der Waals surface area contributed by atoms with Crippen molar-refractivity contribution in [3.63, 3.8) is 0 Å². The minimum Gasteiger partial charge on any atom is -0.395 e. The Kier molecular flexibility index (Phi) is 4.70. The Morgan fingerprint density at radius 3 is 2.79 bits per heavy atom. The van der Waals surface area contributed by atoms with Gasteiger partial charge in [-0.25, -0.2) is 4.39 Å². The molecule has 6 heteroatoms. The summed E-state index contributed by atoms with van der Waals surface area (Å²) in [6, 6.07) is 4.63. The van der Waals surface area contributed by atoms with E-state index in [0.717, 1.165) is 31.9 Å². The van der Waals surface area contributed by atoms with Crippen molar-refractivity contribution in [2.75, 3.05) is 44.2 Å². The van der Waals surface area contributed by atoms with Crippen LogP contribution in [0.4, 0.5) is 10.1 Å². The molecule has 5 nitrogen and oxygen atoms in total. The van der Waals surface area contributed by atoms with Gasteiger partial charge in [-0.15, -0.1) is 0 Å². The molecule has 0 radical (unpaired) electrons. The van der Waals surface area contributed by atoms with E-state index in [1.54, 1.807) is 6.07 Å². The first kappa shape index (κ1) is 13.8. The highest BCUT2D eigenvalue weighted by Gasteiger charge is 2.15. The number of halogens is 1. The molecule has 1 fully saturated rings. The van der Waals surface area contributed by atoms with Crippen molar-refractivity contribution in [3.05, 3.63) is 29.6 Å². The summed E-state index contributed by atoms with van der Waals surface area (Å²) >= 11 is 0. The fourth-order valence-corrected chi connectivity index (χ4v) is 2.07. The lowest BCUT2D eigenvalue weighted by Gasteiger charge is -2.29. The molecular weight excluding hydrogens is 249 g/mol. The molecule has 1 aliphatic heterocycles. The summed E-state index contributed by atoms with van der Waals surface area (Å²) in [7, 11) is 0. The van der Waals surface area contributed by atoms with Crippen LogP contribution in [0.2, 0.25) is 0 Å². The first-order valence-corrected chi connectivity index (χ1v) is 6.36. The van der Waals surface area contributed by atoms with Gasteiger partial charge in [0.15, 0.2) is 0 Å². The molecule has 0 spiro atoms. The molecule has 1 saturated heterocycles. The van der Waals surface area contributed by atoms with Crippen LogP contribution in [0.3, 0.4) is 0 Å². The molecule has 1 aromatic carbocycles. The van der Waals surface area contributed by atoms with Gasteiger partial charge in [-0.05, 0) is 18.2 Å². The molecule has 1 amide bonds. The van der Waals surface area contributed by atoms with Crippen LogP contribution in [0, 0.1) is 5.82 Å². The van der Waals surface area contributed by atoms with Crippen LogP contribution >= 0.6 is 0 Å². The summed E-state index contributed by atoms with van der Waals surface area (Å²) in [5, 5.41) is 14.3. The van der Waals surface area contributed by atoms with Crippen LogP contribution in [0.1, 0.15) is 10.4 Å². The number of nitrogens with one attached hydrogen (secondary N) is 2.